The lowest BCUT2D eigenvalue weighted by Gasteiger charge is -2.39. The van der Waals surface area contributed by atoms with Gasteiger partial charge in [-0.15, -0.1) is 11.3 Å². The molecule has 0 bridgehead atoms. The van der Waals surface area contributed by atoms with E-state index in [1.54, 1.807) is 17.5 Å². The smallest absolute Gasteiger partial charge is 0.270 e. The van der Waals surface area contributed by atoms with Crippen molar-refractivity contribution in [2.75, 3.05) is 13.1 Å². The molecule has 2 heterocycles. The number of hydrogen-bond donors (Lipinski definition) is 1. The summed E-state index contributed by atoms with van der Waals surface area (Å²) in [6.07, 6.45) is 4.84. The van der Waals surface area contributed by atoms with Crippen LogP contribution in [-0.4, -0.2) is 34.8 Å². The van der Waals surface area contributed by atoms with Gasteiger partial charge in [0.25, 0.3) is 5.91 Å². The molecule has 0 saturated heterocycles. The van der Waals surface area contributed by atoms with E-state index in [0.717, 1.165) is 43.2 Å². The Kier molecular flexibility index (Phi) is 7.32. The minimum absolute atomic E-state index is 0.0675. The summed E-state index contributed by atoms with van der Waals surface area (Å²) in [6.45, 7) is 3.31. The fraction of sp³-hybridized carbons (Fsp3) is 0.393. The van der Waals surface area contributed by atoms with Crippen LogP contribution in [0.25, 0.3) is 0 Å². The molecule has 1 N–H and O–H groups in total. The standard InChI is InChI=1S/C28H30FN3O3S/c1-2-30-27(33)24-17-36-25(31-24)16-35-22-12-9-18-13-14-32(28(34)20-5-3-4-6-20)26(23(18)15-22)19-7-10-21(29)11-8-19/h7-12,15,17,20,26H,2-6,13-14,16H2,1H3,(H,30,33). The second-order valence-corrected chi connectivity index (χ2v) is 10.3. The minimum Gasteiger partial charge on any atom is -0.486 e. The molecule has 1 aliphatic carbocycles. The summed E-state index contributed by atoms with van der Waals surface area (Å²) in [5.74, 6) is 0.446. The van der Waals surface area contributed by atoms with Crippen molar-refractivity contribution in [2.24, 2.45) is 5.92 Å². The Balaban J connectivity index is 1.40. The van der Waals surface area contributed by atoms with E-state index < -0.39 is 0 Å². The Morgan fingerprint density at radius 2 is 1.94 bits per heavy atom. The number of ether oxygens (including phenoxy) is 1. The summed E-state index contributed by atoms with van der Waals surface area (Å²) in [6, 6.07) is 12.2. The average molecular weight is 508 g/mol. The Hall–Kier alpha value is -3.26. The number of rotatable bonds is 7. The van der Waals surface area contributed by atoms with Crippen LogP contribution in [0.4, 0.5) is 4.39 Å². The first kappa shape index (κ1) is 24.4. The molecular weight excluding hydrogens is 477 g/mol. The summed E-state index contributed by atoms with van der Waals surface area (Å²) in [5, 5.41) is 5.19. The summed E-state index contributed by atoms with van der Waals surface area (Å²) in [5.41, 5.74) is 3.47. The number of nitrogens with one attached hydrogen (secondary N) is 1. The van der Waals surface area contributed by atoms with Gasteiger partial charge in [0.05, 0.1) is 6.04 Å². The topological polar surface area (TPSA) is 71.5 Å². The Morgan fingerprint density at radius 1 is 1.17 bits per heavy atom. The maximum atomic E-state index is 13.7. The van der Waals surface area contributed by atoms with Crippen LogP contribution >= 0.6 is 11.3 Å². The van der Waals surface area contributed by atoms with Crippen LogP contribution in [0.1, 0.15) is 70.8 Å². The lowest BCUT2D eigenvalue weighted by molar-refractivity contribution is -0.137. The minimum atomic E-state index is -0.295. The summed E-state index contributed by atoms with van der Waals surface area (Å²) >= 11 is 1.38. The molecule has 36 heavy (non-hydrogen) atoms. The van der Waals surface area contributed by atoms with Gasteiger partial charge >= 0.3 is 0 Å². The van der Waals surface area contributed by atoms with E-state index in [4.69, 9.17) is 4.74 Å². The number of carbonyl (C=O) groups excluding carboxylic acids is 2. The number of aromatic nitrogens is 1. The number of carbonyl (C=O) groups is 2. The molecule has 2 aliphatic rings. The molecule has 1 fully saturated rings. The van der Waals surface area contributed by atoms with E-state index >= 15 is 0 Å². The molecule has 6 nitrogen and oxygen atoms in total. The molecule has 1 atom stereocenters. The molecule has 1 saturated carbocycles. The number of benzene rings is 2. The third-order valence-corrected chi connectivity index (χ3v) is 7.83. The summed E-state index contributed by atoms with van der Waals surface area (Å²) in [4.78, 5) is 31.9. The highest BCUT2D eigenvalue weighted by atomic mass is 32.1. The van der Waals surface area contributed by atoms with Gasteiger partial charge in [-0.3, -0.25) is 9.59 Å². The highest BCUT2D eigenvalue weighted by molar-refractivity contribution is 7.09. The van der Waals surface area contributed by atoms with E-state index in [-0.39, 0.29) is 36.2 Å². The van der Waals surface area contributed by atoms with Crippen LogP contribution in [0, 0.1) is 11.7 Å². The lowest BCUT2D eigenvalue weighted by atomic mass is 9.87. The fourth-order valence-electron chi connectivity index (χ4n) is 5.21. The third-order valence-electron chi connectivity index (χ3n) is 7.00. The maximum Gasteiger partial charge on any atom is 0.270 e. The Bertz CT molecular complexity index is 1240. The molecule has 1 unspecified atom stereocenters. The van der Waals surface area contributed by atoms with Crippen molar-refractivity contribution < 1.29 is 18.7 Å². The predicted octanol–water partition coefficient (Wildman–Crippen LogP) is 5.28. The maximum absolute atomic E-state index is 13.7. The fourth-order valence-corrected chi connectivity index (χ4v) is 5.90. The van der Waals surface area contributed by atoms with Crippen LogP contribution in [0.3, 0.4) is 0 Å². The summed E-state index contributed by atoms with van der Waals surface area (Å²) < 4.78 is 19.8. The zero-order valence-corrected chi connectivity index (χ0v) is 21.2. The molecule has 3 aromatic rings. The van der Waals surface area contributed by atoms with Gasteiger partial charge in [0, 0.05) is 24.4 Å². The Labute approximate surface area is 214 Å². The van der Waals surface area contributed by atoms with Crippen LogP contribution in [0.2, 0.25) is 0 Å². The normalized spacial score (nSPS) is 17.6. The van der Waals surface area contributed by atoms with Gasteiger partial charge in [0.2, 0.25) is 5.91 Å². The van der Waals surface area contributed by atoms with E-state index in [2.05, 4.69) is 16.4 Å². The van der Waals surface area contributed by atoms with Crippen LogP contribution in [0.15, 0.2) is 47.8 Å². The van der Waals surface area contributed by atoms with Gasteiger partial charge in [-0.05, 0) is 67.1 Å². The quantitative estimate of drug-likeness (QED) is 0.473. The van der Waals surface area contributed by atoms with Crippen LogP contribution in [0.5, 0.6) is 5.75 Å². The van der Waals surface area contributed by atoms with Crippen molar-refractivity contribution in [3.05, 3.63) is 81.1 Å². The van der Waals surface area contributed by atoms with Gasteiger partial charge in [0.1, 0.15) is 28.9 Å². The van der Waals surface area contributed by atoms with Crippen LogP contribution < -0.4 is 10.1 Å². The first-order chi connectivity index (χ1) is 17.5. The predicted molar refractivity (Wildman–Crippen MR) is 137 cm³/mol. The van der Waals surface area contributed by atoms with Crippen molar-refractivity contribution in [3.8, 4) is 5.75 Å². The molecule has 2 amide bonds. The molecule has 5 rings (SSSR count). The lowest BCUT2D eigenvalue weighted by Crippen LogP contribution is -2.43. The third kappa shape index (κ3) is 5.14. The first-order valence-corrected chi connectivity index (χ1v) is 13.5. The number of thiazole rings is 1. The summed E-state index contributed by atoms with van der Waals surface area (Å²) in [7, 11) is 0. The number of nitrogens with zero attached hydrogens (tertiary/aromatic N) is 2. The second-order valence-electron chi connectivity index (χ2n) is 9.35. The van der Waals surface area contributed by atoms with Crippen LogP contribution in [-0.2, 0) is 17.8 Å². The number of hydrogen-bond acceptors (Lipinski definition) is 5. The average Bonchev–Trinajstić information content (AvgIpc) is 3.60. The van der Waals surface area contributed by atoms with Crippen molar-refractivity contribution in [2.45, 2.75) is 51.7 Å². The van der Waals surface area contributed by atoms with E-state index in [0.29, 0.717) is 29.5 Å². The molecule has 0 spiro atoms. The number of amides is 2. The van der Waals surface area contributed by atoms with Gasteiger partial charge in [-0.2, -0.15) is 0 Å². The van der Waals surface area contributed by atoms with Gasteiger partial charge in [-0.25, -0.2) is 9.37 Å². The van der Waals surface area contributed by atoms with Crippen molar-refractivity contribution in [1.29, 1.82) is 0 Å². The molecular formula is C28H30FN3O3S. The van der Waals surface area contributed by atoms with E-state index in [1.807, 2.05) is 24.0 Å². The number of fused-ring (bicyclic) bond motifs is 1. The van der Waals surface area contributed by atoms with Crippen molar-refractivity contribution in [3.63, 3.8) is 0 Å². The molecule has 8 heteroatoms. The zero-order valence-electron chi connectivity index (χ0n) is 20.3. The molecule has 0 radical (unpaired) electrons. The highest BCUT2D eigenvalue weighted by Gasteiger charge is 2.36. The molecule has 1 aliphatic heterocycles. The zero-order chi connectivity index (χ0) is 25.1. The van der Waals surface area contributed by atoms with Gasteiger partial charge in [0.15, 0.2) is 0 Å². The second kappa shape index (κ2) is 10.8. The largest absolute Gasteiger partial charge is 0.486 e. The monoisotopic (exact) mass is 507 g/mol. The highest BCUT2D eigenvalue weighted by Crippen LogP contribution is 2.39. The van der Waals surface area contributed by atoms with Crippen molar-refractivity contribution >= 4 is 23.2 Å². The SMILES string of the molecule is CCNC(=O)c1csc(COc2ccc3c(c2)C(c2ccc(F)cc2)N(C(=O)C2CCCC2)CC3)n1. The molecule has 1 aromatic heterocycles. The first-order valence-electron chi connectivity index (χ1n) is 12.6. The molecule has 188 valence electrons. The molecule has 2 aromatic carbocycles. The van der Waals surface area contributed by atoms with E-state index in [1.165, 1.54) is 29.0 Å². The van der Waals surface area contributed by atoms with Gasteiger partial charge in [-0.1, -0.05) is 31.0 Å². The van der Waals surface area contributed by atoms with E-state index in [9.17, 15) is 14.0 Å². The Morgan fingerprint density at radius 3 is 2.69 bits per heavy atom. The van der Waals surface area contributed by atoms with Crippen molar-refractivity contribution in [1.82, 2.24) is 15.2 Å². The number of halogens is 1. The van der Waals surface area contributed by atoms with Gasteiger partial charge < -0.3 is 15.0 Å².